The first-order valence-electron chi connectivity index (χ1n) is 14.2. The molecule has 1 fully saturated rings. The van der Waals surface area contributed by atoms with Crippen LogP contribution in [0, 0.1) is 6.92 Å². The van der Waals surface area contributed by atoms with E-state index in [2.05, 4.69) is 16.4 Å². The lowest BCUT2D eigenvalue weighted by Gasteiger charge is -2.36. The summed E-state index contributed by atoms with van der Waals surface area (Å²) in [5, 5.41) is 4.02. The zero-order valence-corrected chi connectivity index (χ0v) is 23.2. The van der Waals surface area contributed by atoms with E-state index in [0.717, 1.165) is 45.3 Å². The van der Waals surface area contributed by atoms with Crippen molar-refractivity contribution in [1.82, 2.24) is 15.2 Å². The molecular weight excluding hydrogens is 524 g/mol. The maximum absolute atomic E-state index is 14.1. The SMILES string of the molecule is Cc1ccc([C@@H]2c3[nH]c4ccccc4c3C[C@H]3C(=O)N(c4ccc(C(=O)NCCc5ccccc5)cc4)C(=O)N23)cc1. The van der Waals surface area contributed by atoms with Crippen LogP contribution in [0.2, 0.25) is 0 Å². The lowest BCUT2D eigenvalue weighted by molar-refractivity contribution is -0.120. The third-order valence-electron chi connectivity index (χ3n) is 8.37. The monoisotopic (exact) mass is 554 g/mol. The smallest absolute Gasteiger partial charge is 0.332 e. The normalized spacial score (nSPS) is 17.8. The van der Waals surface area contributed by atoms with Gasteiger partial charge in [0.2, 0.25) is 0 Å². The lowest BCUT2D eigenvalue weighted by Crippen LogP contribution is -2.44. The Morgan fingerprint density at radius 2 is 1.60 bits per heavy atom. The highest BCUT2D eigenvalue weighted by atomic mass is 16.2. The minimum atomic E-state index is -0.628. The molecule has 0 spiro atoms. The number of H-pyrrole nitrogens is 1. The summed E-state index contributed by atoms with van der Waals surface area (Å²) in [6, 6.07) is 31.4. The van der Waals surface area contributed by atoms with Crippen molar-refractivity contribution in [3.63, 3.8) is 0 Å². The highest BCUT2D eigenvalue weighted by Crippen LogP contribution is 2.44. The first-order valence-corrected chi connectivity index (χ1v) is 14.2. The number of nitrogens with zero attached hydrogens (tertiary/aromatic N) is 2. The van der Waals surface area contributed by atoms with Gasteiger partial charge < -0.3 is 10.3 Å². The average Bonchev–Trinajstić information content (AvgIpc) is 3.51. The van der Waals surface area contributed by atoms with Crippen LogP contribution in [0.15, 0.2) is 103 Å². The number of para-hydroxylation sites is 1. The number of carbonyl (C=O) groups is 3. The molecule has 3 heterocycles. The van der Waals surface area contributed by atoms with Crippen molar-refractivity contribution in [3.8, 4) is 0 Å². The third-order valence-corrected chi connectivity index (χ3v) is 8.37. The first kappa shape index (κ1) is 25.8. The number of rotatable bonds is 6. The van der Waals surface area contributed by atoms with E-state index in [0.29, 0.717) is 24.2 Å². The van der Waals surface area contributed by atoms with Crippen molar-refractivity contribution >= 4 is 34.4 Å². The Balaban J connectivity index is 1.17. The van der Waals surface area contributed by atoms with Crippen LogP contribution in [0.5, 0.6) is 0 Å². The van der Waals surface area contributed by atoms with Crippen molar-refractivity contribution in [1.29, 1.82) is 0 Å². The van der Waals surface area contributed by atoms with E-state index in [4.69, 9.17) is 0 Å². The van der Waals surface area contributed by atoms with E-state index in [-0.39, 0.29) is 17.8 Å². The second-order valence-electron chi connectivity index (χ2n) is 11.0. The van der Waals surface area contributed by atoms with E-state index < -0.39 is 12.1 Å². The fourth-order valence-electron chi connectivity index (χ4n) is 6.24. The second-order valence-corrected chi connectivity index (χ2v) is 11.0. The Hall–Kier alpha value is -5.17. The molecular formula is C35H30N4O3. The van der Waals surface area contributed by atoms with Gasteiger partial charge in [0.25, 0.3) is 11.8 Å². The molecule has 0 saturated carbocycles. The highest BCUT2D eigenvalue weighted by molar-refractivity contribution is 6.22. The number of amides is 4. The van der Waals surface area contributed by atoms with E-state index >= 15 is 0 Å². The van der Waals surface area contributed by atoms with Gasteiger partial charge in [-0.05, 0) is 60.4 Å². The van der Waals surface area contributed by atoms with Gasteiger partial charge in [-0.15, -0.1) is 0 Å². The number of urea groups is 1. The van der Waals surface area contributed by atoms with E-state index in [1.54, 1.807) is 29.2 Å². The van der Waals surface area contributed by atoms with Crippen LogP contribution >= 0.6 is 0 Å². The molecule has 1 aromatic heterocycles. The van der Waals surface area contributed by atoms with Crippen LogP contribution < -0.4 is 10.2 Å². The number of benzene rings is 4. The molecule has 1 saturated heterocycles. The molecule has 2 atom stereocenters. The largest absolute Gasteiger partial charge is 0.356 e. The average molecular weight is 555 g/mol. The molecule has 4 aromatic carbocycles. The molecule has 0 aliphatic carbocycles. The molecule has 2 aliphatic rings. The van der Waals surface area contributed by atoms with Gasteiger partial charge in [0.1, 0.15) is 12.1 Å². The number of nitrogens with one attached hydrogen (secondary N) is 2. The maximum atomic E-state index is 14.1. The number of aryl methyl sites for hydroxylation is 1. The van der Waals surface area contributed by atoms with Crippen LogP contribution in [0.25, 0.3) is 10.9 Å². The van der Waals surface area contributed by atoms with Crippen LogP contribution in [0.4, 0.5) is 10.5 Å². The Morgan fingerprint density at radius 1 is 0.881 bits per heavy atom. The molecule has 208 valence electrons. The van der Waals surface area contributed by atoms with Crippen molar-refractivity contribution in [2.24, 2.45) is 0 Å². The van der Waals surface area contributed by atoms with Gasteiger partial charge in [-0.25, -0.2) is 9.69 Å². The molecule has 7 rings (SSSR count). The number of carbonyl (C=O) groups excluding carboxylic acids is 3. The summed E-state index contributed by atoms with van der Waals surface area (Å²) < 4.78 is 0. The number of fused-ring (bicyclic) bond motifs is 4. The molecule has 7 heteroatoms. The van der Waals surface area contributed by atoms with Crippen molar-refractivity contribution in [3.05, 3.63) is 137 Å². The zero-order chi connectivity index (χ0) is 28.8. The van der Waals surface area contributed by atoms with E-state index in [1.807, 2.05) is 79.7 Å². The predicted octanol–water partition coefficient (Wildman–Crippen LogP) is 5.93. The summed E-state index contributed by atoms with van der Waals surface area (Å²) in [5.74, 6) is -0.452. The van der Waals surface area contributed by atoms with Crippen LogP contribution in [0.1, 0.15) is 44.3 Å². The van der Waals surface area contributed by atoms with Gasteiger partial charge in [-0.2, -0.15) is 0 Å². The van der Waals surface area contributed by atoms with Gasteiger partial charge in [0.15, 0.2) is 0 Å². The first-order chi connectivity index (χ1) is 20.5. The third kappa shape index (κ3) is 4.34. The molecule has 42 heavy (non-hydrogen) atoms. The molecule has 0 unspecified atom stereocenters. The second kappa shape index (κ2) is 10.3. The van der Waals surface area contributed by atoms with Crippen LogP contribution in [-0.2, 0) is 17.6 Å². The van der Waals surface area contributed by atoms with Crippen LogP contribution in [0.3, 0.4) is 0 Å². The number of hydrogen-bond donors (Lipinski definition) is 2. The van der Waals surface area contributed by atoms with Crippen molar-refractivity contribution in [2.45, 2.75) is 31.8 Å². The maximum Gasteiger partial charge on any atom is 0.332 e. The number of hydrogen-bond acceptors (Lipinski definition) is 3. The van der Waals surface area contributed by atoms with Gasteiger partial charge in [0.05, 0.1) is 5.69 Å². The minimum Gasteiger partial charge on any atom is -0.356 e. The predicted molar refractivity (Wildman–Crippen MR) is 162 cm³/mol. The van der Waals surface area contributed by atoms with E-state index in [9.17, 15) is 14.4 Å². The van der Waals surface area contributed by atoms with Crippen molar-refractivity contribution < 1.29 is 14.4 Å². The van der Waals surface area contributed by atoms with E-state index in [1.165, 1.54) is 4.90 Å². The number of aromatic amines is 1. The highest BCUT2D eigenvalue weighted by Gasteiger charge is 2.53. The van der Waals surface area contributed by atoms with Crippen molar-refractivity contribution in [2.75, 3.05) is 11.4 Å². The fraction of sp³-hybridized carbons (Fsp3) is 0.171. The Bertz CT molecular complexity index is 1810. The molecule has 5 aromatic rings. The molecule has 4 amide bonds. The zero-order valence-electron chi connectivity index (χ0n) is 23.2. The topological polar surface area (TPSA) is 85.5 Å². The summed E-state index contributed by atoms with van der Waals surface area (Å²) >= 11 is 0. The Morgan fingerprint density at radius 3 is 2.36 bits per heavy atom. The fourth-order valence-corrected chi connectivity index (χ4v) is 6.24. The summed E-state index contributed by atoms with van der Waals surface area (Å²) in [6.07, 6.45) is 1.17. The van der Waals surface area contributed by atoms with Gasteiger partial charge in [0, 0.05) is 35.1 Å². The molecule has 0 radical (unpaired) electrons. The Labute approximate surface area is 243 Å². The molecule has 2 aliphatic heterocycles. The van der Waals surface area contributed by atoms with Gasteiger partial charge in [-0.3, -0.25) is 14.5 Å². The molecule has 0 bridgehead atoms. The Kier molecular flexibility index (Phi) is 6.35. The number of aromatic nitrogens is 1. The summed E-state index contributed by atoms with van der Waals surface area (Å²) in [5.41, 5.74) is 7.17. The van der Waals surface area contributed by atoms with Gasteiger partial charge >= 0.3 is 6.03 Å². The summed E-state index contributed by atoms with van der Waals surface area (Å²) in [4.78, 5) is 47.3. The van der Waals surface area contributed by atoms with Crippen LogP contribution in [-0.4, -0.2) is 40.3 Å². The number of anilines is 1. The quantitative estimate of drug-likeness (QED) is 0.255. The minimum absolute atomic E-state index is 0.196. The number of imide groups is 1. The van der Waals surface area contributed by atoms with Gasteiger partial charge in [-0.1, -0.05) is 78.4 Å². The summed E-state index contributed by atoms with van der Waals surface area (Å²) in [7, 11) is 0. The lowest BCUT2D eigenvalue weighted by atomic mass is 9.88. The molecule has 7 nitrogen and oxygen atoms in total. The standard InChI is InChI=1S/C35H30N4O3/c1-22-11-13-24(14-12-22)32-31-28(27-9-5-6-10-29(27)37-31)21-30-34(41)38(35(42)39(30)32)26-17-15-25(16-18-26)33(40)36-20-19-23-7-3-2-4-8-23/h2-18,30,32,37H,19-21H2,1H3,(H,36,40)/t30-,32+/m0/s1. The molecule has 2 N–H and O–H groups in total. The summed E-state index contributed by atoms with van der Waals surface area (Å²) in [6.45, 7) is 2.54.